The number of anilines is 1. The number of nitrogen functional groups attached to an aromatic ring is 1. The van der Waals surface area contributed by atoms with Gasteiger partial charge in [0.1, 0.15) is 0 Å². The maximum atomic E-state index is 11.8. The van der Waals surface area contributed by atoms with E-state index in [0.717, 1.165) is 0 Å². The van der Waals surface area contributed by atoms with E-state index in [4.69, 9.17) is 5.73 Å². The molecule has 0 saturated heterocycles. The average molecular weight is 249 g/mol. The number of hydrogen-bond donors (Lipinski definition) is 3. The molecule has 4 N–H and O–H groups in total. The summed E-state index contributed by atoms with van der Waals surface area (Å²) in [4.78, 5) is 23.4. The molecule has 18 heavy (non-hydrogen) atoms. The molecule has 0 aliphatic carbocycles. The van der Waals surface area contributed by atoms with Crippen molar-refractivity contribution in [3.05, 3.63) is 29.8 Å². The zero-order valence-corrected chi connectivity index (χ0v) is 10.9. The summed E-state index contributed by atoms with van der Waals surface area (Å²) in [5.74, 6) is -0.327. The fourth-order valence-corrected chi connectivity index (χ4v) is 1.46. The van der Waals surface area contributed by atoms with Crippen LogP contribution in [-0.2, 0) is 4.79 Å². The summed E-state index contributed by atoms with van der Waals surface area (Å²) in [6, 6.07) is 6.63. The third-order valence-corrected chi connectivity index (χ3v) is 2.71. The van der Waals surface area contributed by atoms with Gasteiger partial charge in [0.2, 0.25) is 5.91 Å². The van der Waals surface area contributed by atoms with Gasteiger partial charge >= 0.3 is 0 Å². The first-order valence-electron chi connectivity index (χ1n) is 5.73. The van der Waals surface area contributed by atoms with Crippen LogP contribution >= 0.6 is 0 Å². The number of carbonyl (C=O) groups is 2. The van der Waals surface area contributed by atoms with E-state index in [2.05, 4.69) is 10.6 Å². The lowest BCUT2D eigenvalue weighted by atomic mass is 9.92. The fraction of sp³-hybridized carbons (Fsp3) is 0.385. The molecule has 1 aromatic rings. The summed E-state index contributed by atoms with van der Waals surface area (Å²) in [5.41, 5.74) is 6.04. The summed E-state index contributed by atoms with van der Waals surface area (Å²) in [6.45, 7) is 3.82. The maximum absolute atomic E-state index is 11.8. The van der Waals surface area contributed by atoms with E-state index in [1.807, 2.05) is 0 Å². The Morgan fingerprint density at radius 1 is 1.22 bits per heavy atom. The average Bonchev–Trinajstić information content (AvgIpc) is 2.35. The summed E-state index contributed by atoms with van der Waals surface area (Å²) in [7, 11) is 1.58. The topological polar surface area (TPSA) is 84.2 Å². The molecule has 5 nitrogen and oxygen atoms in total. The molecule has 0 heterocycles. The normalized spacial score (nSPS) is 10.8. The summed E-state index contributed by atoms with van der Waals surface area (Å²) >= 11 is 0. The lowest BCUT2D eigenvalue weighted by Crippen LogP contribution is -2.43. The smallest absolute Gasteiger partial charge is 0.251 e. The van der Waals surface area contributed by atoms with E-state index in [-0.39, 0.29) is 18.4 Å². The molecule has 2 amide bonds. The molecule has 0 aliphatic heterocycles. The van der Waals surface area contributed by atoms with Gasteiger partial charge in [-0.2, -0.15) is 0 Å². The second-order valence-electron chi connectivity index (χ2n) is 4.77. The van der Waals surface area contributed by atoms with Gasteiger partial charge in [0.05, 0.1) is 5.41 Å². The van der Waals surface area contributed by atoms with Gasteiger partial charge in [0.25, 0.3) is 5.91 Å². The highest BCUT2D eigenvalue weighted by Crippen LogP contribution is 2.13. The van der Waals surface area contributed by atoms with Gasteiger partial charge in [-0.25, -0.2) is 0 Å². The Morgan fingerprint density at radius 3 is 2.28 bits per heavy atom. The van der Waals surface area contributed by atoms with Crippen molar-refractivity contribution in [2.24, 2.45) is 5.41 Å². The van der Waals surface area contributed by atoms with Crippen LogP contribution in [0.1, 0.15) is 24.2 Å². The Hall–Kier alpha value is -2.04. The van der Waals surface area contributed by atoms with Crippen LogP contribution < -0.4 is 16.4 Å². The van der Waals surface area contributed by atoms with Crippen molar-refractivity contribution in [1.82, 2.24) is 10.6 Å². The van der Waals surface area contributed by atoms with Crippen LogP contribution in [0.4, 0.5) is 5.69 Å². The lowest BCUT2D eigenvalue weighted by Gasteiger charge is -2.22. The minimum absolute atomic E-state index is 0.111. The van der Waals surface area contributed by atoms with Crippen molar-refractivity contribution in [2.45, 2.75) is 13.8 Å². The van der Waals surface area contributed by atoms with Gasteiger partial charge in [0.15, 0.2) is 0 Å². The number of benzene rings is 1. The highest BCUT2D eigenvalue weighted by Gasteiger charge is 2.27. The SMILES string of the molecule is CNC(=O)C(C)(C)CNC(=O)c1ccc(N)cc1. The van der Waals surface area contributed by atoms with Gasteiger partial charge in [-0.3, -0.25) is 9.59 Å². The zero-order valence-electron chi connectivity index (χ0n) is 10.9. The first-order valence-corrected chi connectivity index (χ1v) is 5.73. The third-order valence-electron chi connectivity index (χ3n) is 2.71. The van der Waals surface area contributed by atoms with Crippen LogP contribution in [0.25, 0.3) is 0 Å². The molecule has 0 saturated carbocycles. The summed E-state index contributed by atoms with van der Waals surface area (Å²) in [6.07, 6.45) is 0. The largest absolute Gasteiger partial charge is 0.399 e. The van der Waals surface area contributed by atoms with Gasteiger partial charge in [-0.05, 0) is 38.1 Å². The predicted octanol–water partition coefficient (Wildman–Crippen LogP) is 0.771. The minimum Gasteiger partial charge on any atom is -0.399 e. The van der Waals surface area contributed by atoms with Crippen LogP contribution in [0.15, 0.2) is 24.3 Å². The molecule has 0 spiro atoms. The molecule has 1 aromatic carbocycles. The fourth-order valence-electron chi connectivity index (χ4n) is 1.46. The molecule has 0 unspecified atom stereocenters. The van der Waals surface area contributed by atoms with Crippen LogP contribution in [0.2, 0.25) is 0 Å². The predicted molar refractivity (Wildman–Crippen MR) is 71.0 cm³/mol. The van der Waals surface area contributed by atoms with Gasteiger partial charge in [-0.15, -0.1) is 0 Å². The molecule has 0 bridgehead atoms. The van der Waals surface area contributed by atoms with E-state index in [1.165, 1.54) is 0 Å². The Kier molecular flexibility index (Phi) is 4.31. The zero-order chi connectivity index (χ0) is 13.8. The Morgan fingerprint density at radius 2 is 1.78 bits per heavy atom. The molecule has 0 aromatic heterocycles. The first-order chi connectivity index (χ1) is 8.36. The van der Waals surface area contributed by atoms with Crippen molar-refractivity contribution < 1.29 is 9.59 Å². The van der Waals surface area contributed by atoms with Crippen LogP contribution in [0, 0.1) is 5.41 Å². The molecular weight excluding hydrogens is 230 g/mol. The Bertz CT molecular complexity index is 438. The maximum Gasteiger partial charge on any atom is 0.251 e. The van der Waals surface area contributed by atoms with Gasteiger partial charge in [0, 0.05) is 24.8 Å². The van der Waals surface area contributed by atoms with E-state index in [1.54, 1.807) is 45.2 Å². The first kappa shape index (κ1) is 14.0. The van der Waals surface area contributed by atoms with Crippen molar-refractivity contribution in [1.29, 1.82) is 0 Å². The molecule has 5 heteroatoms. The number of carbonyl (C=O) groups excluding carboxylic acids is 2. The van der Waals surface area contributed by atoms with E-state index >= 15 is 0 Å². The molecule has 1 rings (SSSR count). The standard InChI is InChI=1S/C13H19N3O2/c1-13(2,12(18)15-3)8-16-11(17)9-4-6-10(14)7-5-9/h4-7H,8,14H2,1-3H3,(H,15,18)(H,16,17). The molecule has 0 radical (unpaired) electrons. The molecule has 0 aliphatic rings. The quantitative estimate of drug-likeness (QED) is 0.689. The summed E-state index contributed by atoms with van der Waals surface area (Å²) in [5, 5.41) is 5.30. The van der Waals surface area contributed by atoms with Crippen molar-refractivity contribution in [3.63, 3.8) is 0 Å². The second-order valence-corrected chi connectivity index (χ2v) is 4.77. The number of nitrogens with one attached hydrogen (secondary N) is 2. The van der Waals surface area contributed by atoms with Crippen LogP contribution in [0.5, 0.6) is 0 Å². The van der Waals surface area contributed by atoms with Crippen molar-refractivity contribution >= 4 is 17.5 Å². The third kappa shape index (κ3) is 3.48. The second kappa shape index (κ2) is 5.53. The highest BCUT2D eigenvalue weighted by atomic mass is 16.2. The monoisotopic (exact) mass is 249 g/mol. The Labute approximate surface area is 107 Å². The number of amides is 2. The molecule has 98 valence electrons. The van der Waals surface area contributed by atoms with E-state index < -0.39 is 5.41 Å². The van der Waals surface area contributed by atoms with Crippen molar-refractivity contribution in [2.75, 3.05) is 19.3 Å². The lowest BCUT2D eigenvalue weighted by molar-refractivity contribution is -0.128. The number of hydrogen-bond acceptors (Lipinski definition) is 3. The number of nitrogens with two attached hydrogens (primary N) is 1. The van der Waals surface area contributed by atoms with E-state index in [9.17, 15) is 9.59 Å². The van der Waals surface area contributed by atoms with Crippen LogP contribution in [-0.4, -0.2) is 25.4 Å². The number of rotatable bonds is 4. The van der Waals surface area contributed by atoms with Crippen LogP contribution in [0.3, 0.4) is 0 Å². The summed E-state index contributed by atoms with van der Waals surface area (Å²) < 4.78 is 0. The molecular formula is C13H19N3O2. The van der Waals surface area contributed by atoms with Gasteiger partial charge < -0.3 is 16.4 Å². The highest BCUT2D eigenvalue weighted by molar-refractivity contribution is 5.95. The van der Waals surface area contributed by atoms with E-state index in [0.29, 0.717) is 11.3 Å². The van der Waals surface area contributed by atoms with Crippen molar-refractivity contribution in [3.8, 4) is 0 Å². The Balaban J connectivity index is 2.61. The minimum atomic E-state index is -0.641. The molecule has 0 atom stereocenters. The van der Waals surface area contributed by atoms with Gasteiger partial charge in [-0.1, -0.05) is 0 Å². The molecule has 0 fully saturated rings.